The second kappa shape index (κ2) is 5.83. The first-order valence-electron chi connectivity index (χ1n) is 7.17. The Kier molecular flexibility index (Phi) is 4.38. The van der Waals surface area contributed by atoms with E-state index in [0.29, 0.717) is 5.92 Å². The maximum absolute atomic E-state index is 6.33. The minimum Gasteiger partial charge on any atom is -0.327 e. The van der Waals surface area contributed by atoms with Crippen LogP contribution in [0, 0.1) is 17.8 Å². The molecule has 102 valence electrons. The molecule has 1 fully saturated rings. The summed E-state index contributed by atoms with van der Waals surface area (Å²) >= 11 is 0. The Morgan fingerprint density at radius 2 is 1.89 bits per heavy atom. The molecule has 1 heterocycles. The average Bonchev–Trinajstić information content (AvgIpc) is 2.75. The molecule has 0 bridgehead atoms. The van der Waals surface area contributed by atoms with Crippen molar-refractivity contribution in [2.24, 2.45) is 30.5 Å². The predicted octanol–water partition coefficient (Wildman–Crippen LogP) is 2.15. The van der Waals surface area contributed by atoms with Crippen LogP contribution >= 0.6 is 0 Å². The molecule has 1 aliphatic carbocycles. The smallest absolute Gasteiger partial charge is 0.0842 e. The monoisotopic (exact) mass is 250 g/mol. The molecule has 0 aliphatic heterocycles. The minimum absolute atomic E-state index is 0.245. The van der Waals surface area contributed by atoms with Crippen LogP contribution in [0.15, 0.2) is 6.20 Å². The fourth-order valence-electron chi connectivity index (χ4n) is 3.14. The fourth-order valence-corrected chi connectivity index (χ4v) is 3.14. The minimum atomic E-state index is 0.245. The van der Waals surface area contributed by atoms with E-state index in [9.17, 15) is 0 Å². The van der Waals surface area contributed by atoms with Gasteiger partial charge in [0, 0.05) is 25.7 Å². The standard InChI is InChI=1S/C14H26N4/c1-10(2)11-4-6-12(7-5-11)14(15)8-13-9-18(3)17-16-13/h9-12,14H,4-8,15H2,1-3H3. The average molecular weight is 250 g/mol. The molecule has 1 aromatic heterocycles. The van der Waals surface area contributed by atoms with Crippen molar-refractivity contribution in [3.8, 4) is 0 Å². The highest BCUT2D eigenvalue weighted by molar-refractivity contribution is 4.97. The molecule has 1 saturated carbocycles. The van der Waals surface area contributed by atoms with Crippen molar-refractivity contribution in [2.75, 3.05) is 0 Å². The molecule has 0 spiro atoms. The molecule has 1 atom stereocenters. The van der Waals surface area contributed by atoms with Gasteiger partial charge in [0.25, 0.3) is 0 Å². The van der Waals surface area contributed by atoms with Gasteiger partial charge in [0.2, 0.25) is 0 Å². The lowest BCUT2D eigenvalue weighted by Crippen LogP contribution is -2.35. The molecule has 0 aromatic carbocycles. The largest absolute Gasteiger partial charge is 0.327 e. The van der Waals surface area contributed by atoms with Crippen molar-refractivity contribution in [1.29, 1.82) is 0 Å². The van der Waals surface area contributed by atoms with Crippen LogP contribution in [-0.2, 0) is 13.5 Å². The van der Waals surface area contributed by atoms with E-state index >= 15 is 0 Å². The van der Waals surface area contributed by atoms with Gasteiger partial charge in [-0.1, -0.05) is 19.1 Å². The summed E-state index contributed by atoms with van der Waals surface area (Å²) in [6.45, 7) is 4.68. The molecule has 4 nitrogen and oxygen atoms in total. The van der Waals surface area contributed by atoms with Crippen LogP contribution in [0.25, 0.3) is 0 Å². The van der Waals surface area contributed by atoms with Gasteiger partial charge in [0.05, 0.1) is 5.69 Å². The van der Waals surface area contributed by atoms with Crippen LogP contribution in [0.1, 0.15) is 45.2 Å². The van der Waals surface area contributed by atoms with E-state index < -0.39 is 0 Å². The van der Waals surface area contributed by atoms with Crippen LogP contribution in [0.2, 0.25) is 0 Å². The lowest BCUT2D eigenvalue weighted by Gasteiger charge is -2.33. The first kappa shape index (κ1) is 13.5. The summed E-state index contributed by atoms with van der Waals surface area (Å²) in [4.78, 5) is 0. The van der Waals surface area contributed by atoms with E-state index in [-0.39, 0.29) is 6.04 Å². The van der Waals surface area contributed by atoms with E-state index in [1.165, 1.54) is 25.7 Å². The van der Waals surface area contributed by atoms with E-state index in [2.05, 4.69) is 24.2 Å². The van der Waals surface area contributed by atoms with Gasteiger partial charge in [0.15, 0.2) is 0 Å². The molecular formula is C14H26N4. The highest BCUT2D eigenvalue weighted by Crippen LogP contribution is 2.34. The molecule has 18 heavy (non-hydrogen) atoms. The molecule has 1 aromatic rings. The fraction of sp³-hybridized carbons (Fsp3) is 0.857. The number of aryl methyl sites for hydroxylation is 1. The highest BCUT2D eigenvalue weighted by atomic mass is 15.4. The zero-order chi connectivity index (χ0) is 13.1. The zero-order valence-corrected chi connectivity index (χ0v) is 11.8. The first-order chi connectivity index (χ1) is 8.56. The third kappa shape index (κ3) is 3.31. The first-order valence-corrected chi connectivity index (χ1v) is 7.17. The summed E-state index contributed by atoms with van der Waals surface area (Å²) < 4.78 is 1.75. The summed E-state index contributed by atoms with van der Waals surface area (Å²) in [5.74, 6) is 2.40. The third-order valence-electron chi connectivity index (χ3n) is 4.46. The van der Waals surface area contributed by atoms with Crippen molar-refractivity contribution < 1.29 is 0 Å². The number of hydrogen-bond acceptors (Lipinski definition) is 3. The summed E-state index contributed by atoms with van der Waals surface area (Å²) in [6, 6.07) is 0.245. The molecule has 1 unspecified atom stereocenters. The molecule has 0 amide bonds. The second-order valence-corrected chi connectivity index (χ2v) is 6.17. The van der Waals surface area contributed by atoms with E-state index in [0.717, 1.165) is 24.0 Å². The predicted molar refractivity (Wildman–Crippen MR) is 73.0 cm³/mol. The highest BCUT2D eigenvalue weighted by Gasteiger charge is 2.27. The quantitative estimate of drug-likeness (QED) is 0.890. The van der Waals surface area contributed by atoms with Crippen molar-refractivity contribution in [1.82, 2.24) is 15.0 Å². The Balaban J connectivity index is 1.82. The van der Waals surface area contributed by atoms with Crippen LogP contribution < -0.4 is 5.73 Å². The zero-order valence-electron chi connectivity index (χ0n) is 11.8. The normalized spacial score (nSPS) is 26.5. The van der Waals surface area contributed by atoms with Crippen molar-refractivity contribution in [3.63, 3.8) is 0 Å². The molecule has 0 saturated heterocycles. The molecular weight excluding hydrogens is 224 g/mol. The Morgan fingerprint density at radius 3 is 2.39 bits per heavy atom. The summed E-state index contributed by atoms with van der Waals surface area (Å²) in [7, 11) is 1.90. The number of rotatable bonds is 4. The van der Waals surface area contributed by atoms with Gasteiger partial charge in [0.1, 0.15) is 0 Å². The van der Waals surface area contributed by atoms with Gasteiger partial charge >= 0.3 is 0 Å². The maximum Gasteiger partial charge on any atom is 0.0842 e. The lowest BCUT2D eigenvalue weighted by molar-refractivity contribution is 0.202. The number of nitrogens with two attached hydrogens (primary N) is 1. The third-order valence-corrected chi connectivity index (χ3v) is 4.46. The van der Waals surface area contributed by atoms with Crippen molar-refractivity contribution in [3.05, 3.63) is 11.9 Å². The Bertz CT molecular complexity index is 364. The molecule has 0 radical (unpaired) electrons. The molecule has 4 heteroatoms. The van der Waals surface area contributed by atoms with Gasteiger partial charge in [-0.2, -0.15) is 0 Å². The number of nitrogens with zero attached hydrogens (tertiary/aromatic N) is 3. The van der Waals surface area contributed by atoms with Gasteiger partial charge in [-0.25, -0.2) is 0 Å². The molecule has 1 aliphatic rings. The second-order valence-electron chi connectivity index (χ2n) is 6.17. The van der Waals surface area contributed by atoms with Gasteiger partial charge in [-0.15, -0.1) is 5.10 Å². The lowest BCUT2D eigenvalue weighted by atomic mass is 9.74. The Hall–Kier alpha value is -0.900. The Morgan fingerprint density at radius 1 is 1.28 bits per heavy atom. The van der Waals surface area contributed by atoms with Gasteiger partial charge < -0.3 is 5.73 Å². The van der Waals surface area contributed by atoms with E-state index in [1.807, 2.05) is 13.2 Å². The van der Waals surface area contributed by atoms with Crippen LogP contribution in [-0.4, -0.2) is 21.0 Å². The summed E-state index contributed by atoms with van der Waals surface area (Å²) in [5, 5.41) is 8.09. The maximum atomic E-state index is 6.33. The van der Waals surface area contributed by atoms with Crippen molar-refractivity contribution in [2.45, 2.75) is 52.0 Å². The van der Waals surface area contributed by atoms with Crippen LogP contribution in [0.5, 0.6) is 0 Å². The molecule has 2 N–H and O–H groups in total. The summed E-state index contributed by atoms with van der Waals surface area (Å²) in [5.41, 5.74) is 7.36. The van der Waals surface area contributed by atoms with Crippen molar-refractivity contribution >= 4 is 0 Å². The van der Waals surface area contributed by atoms with Gasteiger partial charge in [-0.05, 0) is 43.4 Å². The van der Waals surface area contributed by atoms with Crippen LogP contribution in [0.4, 0.5) is 0 Å². The van der Waals surface area contributed by atoms with Gasteiger partial charge in [-0.3, -0.25) is 4.68 Å². The topological polar surface area (TPSA) is 56.7 Å². The van der Waals surface area contributed by atoms with E-state index in [4.69, 9.17) is 5.73 Å². The SMILES string of the molecule is CC(C)C1CCC(C(N)Cc2cn(C)nn2)CC1. The number of hydrogen-bond donors (Lipinski definition) is 1. The number of aromatic nitrogens is 3. The molecule has 2 rings (SSSR count). The van der Waals surface area contributed by atoms with E-state index in [1.54, 1.807) is 4.68 Å². The van der Waals surface area contributed by atoms with Crippen LogP contribution in [0.3, 0.4) is 0 Å². The summed E-state index contributed by atoms with van der Waals surface area (Å²) in [6.07, 6.45) is 8.09. The Labute approximate surface area is 110 Å².